The summed E-state index contributed by atoms with van der Waals surface area (Å²) >= 11 is 5.76. The fourth-order valence-electron chi connectivity index (χ4n) is 2.07. The van der Waals surface area contributed by atoms with Gasteiger partial charge in [-0.15, -0.1) is 0 Å². The number of nitrogens with zero attached hydrogens (tertiary/aromatic N) is 1. The molecule has 3 rings (SSSR count). The lowest BCUT2D eigenvalue weighted by molar-refractivity contribution is 0.0939. The molecule has 6 heteroatoms. The molecule has 21 heavy (non-hydrogen) atoms. The molecule has 0 atom stereocenters. The van der Waals surface area contributed by atoms with Crippen molar-refractivity contribution in [2.45, 2.75) is 0 Å². The van der Waals surface area contributed by atoms with E-state index in [1.807, 2.05) is 0 Å². The number of hydrogen-bond donors (Lipinski definition) is 1. The molecule has 0 radical (unpaired) electrons. The Kier molecular flexibility index (Phi) is 3.19. The maximum Gasteiger partial charge on any atom is 0.280 e. The minimum atomic E-state index is -0.612. The van der Waals surface area contributed by atoms with Crippen molar-refractivity contribution >= 4 is 28.3 Å². The van der Waals surface area contributed by atoms with E-state index in [-0.39, 0.29) is 16.3 Å². The molecule has 0 saturated heterocycles. The molecule has 1 heterocycles. The van der Waals surface area contributed by atoms with Gasteiger partial charge in [-0.25, -0.2) is 0 Å². The fraction of sp³-hybridized carbons (Fsp3) is 0. The number of benzene rings is 2. The number of fused-ring (bicyclic) bond motifs is 1. The second-order valence-electron chi connectivity index (χ2n) is 4.44. The van der Waals surface area contributed by atoms with Gasteiger partial charge in [0.05, 0.1) is 10.8 Å². The van der Waals surface area contributed by atoms with Gasteiger partial charge in [0.15, 0.2) is 0 Å². The minimum absolute atomic E-state index is 0.198. The number of carbonyl (C=O) groups is 1. The Bertz CT molecular complexity index is 955. The lowest BCUT2D eigenvalue weighted by atomic mass is 10.2. The van der Waals surface area contributed by atoms with E-state index in [0.29, 0.717) is 9.70 Å². The highest BCUT2D eigenvalue weighted by atomic mass is 35.5. The van der Waals surface area contributed by atoms with Crippen LogP contribution in [0.2, 0.25) is 5.02 Å². The summed E-state index contributed by atoms with van der Waals surface area (Å²) in [5.41, 5.74) is -0.801. The Morgan fingerprint density at radius 3 is 2.24 bits per heavy atom. The van der Waals surface area contributed by atoms with Gasteiger partial charge in [0.1, 0.15) is 0 Å². The van der Waals surface area contributed by atoms with Gasteiger partial charge in [-0.1, -0.05) is 23.7 Å². The molecule has 0 spiro atoms. The van der Waals surface area contributed by atoms with Crippen LogP contribution in [0.4, 0.5) is 0 Å². The molecule has 0 amide bonds. The molecule has 2 aromatic carbocycles. The minimum Gasteiger partial charge on any atom is -0.267 e. The summed E-state index contributed by atoms with van der Waals surface area (Å²) in [6, 6.07) is 12.4. The summed E-state index contributed by atoms with van der Waals surface area (Å²) in [6.07, 6.45) is 0. The van der Waals surface area contributed by atoms with Gasteiger partial charge in [-0.3, -0.25) is 19.5 Å². The van der Waals surface area contributed by atoms with E-state index in [4.69, 9.17) is 11.6 Å². The number of halogens is 1. The summed E-state index contributed by atoms with van der Waals surface area (Å²) in [6.45, 7) is 0. The molecule has 3 aromatic rings. The maximum atomic E-state index is 12.3. The summed E-state index contributed by atoms with van der Waals surface area (Å²) in [7, 11) is 0. The third-order valence-corrected chi connectivity index (χ3v) is 3.36. The summed E-state index contributed by atoms with van der Waals surface area (Å²) in [5, 5.41) is 3.23. The lowest BCUT2D eigenvalue weighted by Gasteiger charge is -2.06. The zero-order chi connectivity index (χ0) is 15.0. The molecule has 0 aliphatic heterocycles. The van der Waals surface area contributed by atoms with E-state index >= 15 is 0 Å². The van der Waals surface area contributed by atoms with Crippen LogP contribution in [0.25, 0.3) is 10.8 Å². The van der Waals surface area contributed by atoms with Gasteiger partial charge in [0, 0.05) is 10.6 Å². The summed E-state index contributed by atoms with van der Waals surface area (Å²) in [4.78, 5) is 36.6. The Morgan fingerprint density at radius 1 is 0.952 bits per heavy atom. The first kappa shape index (κ1) is 13.3. The second kappa shape index (κ2) is 5.03. The van der Waals surface area contributed by atoms with Gasteiger partial charge in [0.2, 0.25) is 0 Å². The third-order valence-electron chi connectivity index (χ3n) is 3.11. The van der Waals surface area contributed by atoms with Gasteiger partial charge in [0.25, 0.3) is 17.0 Å². The molecule has 1 N–H and O–H groups in total. The van der Waals surface area contributed by atoms with E-state index in [2.05, 4.69) is 5.10 Å². The van der Waals surface area contributed by atoms with Crippen molar-refractivity contribution in [2.75, 3.05) is 0 Å². The highest BCUT2D eigenvalue weighted by Gasteiger charge is 2.14. The number of aromatic amines is 1. The van der Waals surface area contributed by atoms with Crippen molar-refractivity contribution in [3.05, 3.63) is 79.8 Å². The number of hydrogen-bond acceptors (Lipinski definition) is 3. The highest BCUT2D eigenvalue weighted by Crippen LogP contribution is 2.10. The molecule has 5 nitrogen and oxygen atoms in total. The second-order valence-corrected chi connectivity index (χ2v) is 4.88. The molecule has 0 bridgehead atoms. The van der Waals surface area contributed by atoms with Gasteiger partial charge in [-0.05, 0) is 36.4 Å². The van der Waals surface area contributed by atoms with Crippen LogP contribution in [0.3, 0.4) is 0 Å². The van der Waals surface area contributed by atoms with Crippen molar-refractivity contribution < 1.29 is 4.79 Å². The van der Waals surface area contributed by atoms with E-state index in [1.54, 1.807) is 24.3 Å². The zero-order valence-corrected chi connectivity index (χ0v) is 11.4. The van der Waals surface area contributed by atoms with Crippen LogP contribution in [-0.2, 0) is 0 Å². The molecule has 0 saturated carbocycles. The maximum absolute atomic E-state index is 12.3. The third kappa shape index (κ3) is 2.28. The SMILES string of the molecule is O=C(c1ccc(Cl)cc1)n1[nH]c(=O)c2ccccc2c1=O. The Hall–Kier alpha value is -2.66. The zero-order valence-electron chi connectivity index (χ0n) is 10.7. The fourth-order valence-corrected chi connectivity index (χ4v) is 2.19. The smallest absolute Gasteiger partial charge is 0.267 e. The quantitative estimate of drug-likeness (QED) is 0.747. The van der Waals surface area contributed by atoms with Crippen molar-refractivity contribution in [1.82, 2.24) is 9.78 Å². The van der Waals surface area contributed by atoms with Crippen LogP contribution in [0.15, 0.2) is 58.1 Å². The van der Waals surface area contributed by atoms with Crippen LogP contribution in [0.1, 0.15) is 10.4 Å². The standard InChI is InChI=1S/C15H9ClN2O3/c16-10-7-5-9(6-8-10)14(20)18-15(21)12-4-2-1-3-11(12)13(19)17-18/h1-8H,(H,17,19). The van der Waals surface area contributed by atoms with Crippen molar-refractivity contribution in [3.8, 4) is 0 Å². The first-order valence-electron chi connectivity index (χ1n) is 6.12. The number of aromatic nitrogens is 2. The first-order chi connectivity index (χ1) is 10.1. The lowest BCUT2D eigenvalue weighted by Crippen LogP contribution is -2.34. The normalized spacial score (nSPS) is 10.7. The Morgan fingerprint density at radius 2 is 1.57 bits per heavy atom. The molecular weight excluding hydrogens is 292 g/mol. The average Bonchev–Trinajstić information content (AvgIpc) is 2.51. The molecule has 104 valence electrons. The van der Waals surface area contributed by atoms with Gasteiger partial charge < -0.3 is 0 Å². The van der Waals surface area contributed by atoms with Crippen LogP contribution in [-0.4, -0.2) is 15.7 Å². The molecule has 0 unspecified atom stereocenters. The molecule has 1 aromatic heterocycles. The van der Waals surface area contributed by atoms with Crippen LogP contribution in [0, 0.1) is 0 Å². The number of H-pyrrole nitrogens is 1. The van der Waals surface area contributed by atoms with Crippen molar-refractivity contribution in [2.24, 2.45) is 0 Å². The molecule has 0 fully saturated rings. The van der Waals surface area contributed by atoms with Crippen LogP contribution < -0.4 is 11.1 Å². The van der Waals surface area contributed by atoms with Crippen LogP contribution >= 0.6 is 11.6 Å². The van der Waals surface area contributed by atoms with E-state index in [1.165, 1.54) is 24.3 Å². The van der Waals surface area contributed by atoms with E-state index in [9.17, 15) is 14.4 Å². The van der Waals surface area contributed by atoms with Gasteiger partial charge >= 0.3 is 0 Å². The van der Waals surface area contributed by atoms with Crippen LogP contribution in [0.5, 0.6) is 0 Å². The van der Waals surface area contributed by atoms with E-state index < -0.39 is 17.0 Å². The summed E-state index contributed by atoms with van der Waals surface area (Å²) < 4.78 is 0.716. The molecule has 0 aliphatic rings. The Labute approximate surface area is 123 Å². The predicted octanol–water partition coefficient (Wildman–Crippen LogP) is 2.03. The molecule has 0 aliphatic carbocycles. The number of carbonyl (C=O) groups excluding carboxylic acids is 1. The average molecular weight is 301 g/mol. The topological polar surface area (TPSA) is 71.9 Å². The number of nitrogens with one attached hydrogen (secondary N) is 1. The van der Waals surface area contributed by atoms with E-state index in [0.717, 1.165) is 0 Å². The number of rotatable bonds is 1. The highest BCUT2D eigenvalue weighted by molar-refractivity contribution is 6.30. The molecular formula is C15H9ClN2O3. The van der Waals surface area contributed by atoms with Crippen molar-refractivity contribution in [1.29, 1.82) is 0 Å². The summed E-state index contributed by atoms with van der Waals surface area (Å²) in [5.74, 6) is -0.612. The predicted molar refractivity (Wildman–Crippen MR) is 80.0 cm³/mol. The largest absolute Gasteiger partial charge is 0.280 e. The first-order valence-corrected chi connectivity index (χ1v) is 6.50. The van der Waals surface area contributed by atoms with Gasteiger partial charge in [-0.2, -0.15) is 4.68 Å². The monoisotopic (exact) mass is 300 g/mol. The Balaban J connectivity index is 2.24. The van der Waals surface area contributed by atoms with Crippen molar-refractivity contribution in [3.63, 3.8) is 0 Å².